The molecule has 1 aromatic carbocycles. The van der Waals surface area contributed by atoms with Crippen LogP contribution in [-0.2, 0) is 27.0 Å². The topological polar surface area (TPSA) is 80.2 Å². The molecule has 180 valence electrons. The molecule has 33 heavy (non-hydrogen) atoms. The minimum atomic E-state index is -4.72. The first-order valence-corrected chi connectivity index (χ1v) is 11.1. The van der Waals surface area contributed by atoms with Crippen molar-refractivity contribution in [1.29, 1.82) is 0 Å². The van der Waals surface area contributed by atoms with E-state index in [-0.39, 0.29) is 25.3 Å². The Balaban J connectivity index is 1.82. The smallest absolute Gasteiger partial charge is 0.281 e. The number of hydrogen-bond donors (Lipinski definition) is 0. The second-order valence-electron chi connectivity index (χ2n) is 8.14. The van der Waals surface area contributed by atoms with Gasteiger partial charge in [-0.3, -0.25) is 9.69 Å². The van der Waals surface area contributed by atoms with Gasteiger partial charge in [0, 0.05) is 25.4 Å². The normalized spacial score (nSPS) is 18.5. The van der Waals surface area contributed by atoms with Crippen LogP contribution in [0, 0.1) is 5.92 Å². The summed E-state index contributed by atoms with van der Waals surface area (Å²) in [6.07, 6.45) is -8.44. The molecule has 0 bridgehead atoms. The van der Waals surface area contributed by atoms with E-state index >= 15 is 0 Å². The molecule has 1 aliphatic heterocycles. The molecule has 1 saturated heterocycles. The lowest BCUT2D eigenvalue weighted by Crippen LogP contribution is -2.49. The van der Waals surface area contributed by atoms with Crippen LogP contribution >= 0.6 is 0 Å². The average molecular weight is 495 g/mol. The Kier molecular flexibility index (Phi) is 6.24. The molecular weight excluding hydrogens is 476 g/mol. The summed E-state index contributed by atoms with van der Waals surface area (Å²) in [7, 11) is -4.28. The van der Waals surface area contributed by atoms with Gasteiger partial charge in [-0.15, -0.1) is 0 Å². The van der Waals surface area contributed by atoms with Crippen LogP contribution in [0.4, 0.5) is 32.3 Å². The zero-order valence-corrected chi connectivity index (χ0v) is 18.2. The van der Waals surface area contributed by atoms with Crippen molar-refractivity contribution >= 4 is 21.7 Å². The predicted molar refractivity (Wildman–Crippen MR) is 105 cm³/mol. The molecule has 0 N–H and O–H groups in total. The van der Waals surface area contributed by atoms with Crippen molar-refractivity contribution in [2.24, 2.45) is 5.92 Å². The Bertz CT molecular complexity index is 1140. The van der Waals surface area contributed by atoms with Gasteiger partial charge in [0.05, 0.1) is 20.8 Å². The van der Waals surface area contributed by atoms with Crippen LogP contribution in [0.2, 0.25) is 0 Å². The summed E-state index contributed by atoms with van der Waals surface area (Å²) in [6, 6.07) is 3.39. The van der Waals surface area contributed by atoms with Crippen LogP contribution in [-0.4, -0.2) is 35.6 Å². The van der Waals surface area contributed by atoms with Crippen molar-refractivity contribution in [3.05, 3.63) is 47.8 Å². The number of amides is 1. The van der Waals surface area contributed by atoms with Gasteiger partial charge in [-0.2, -0.15) is 26.3 Å². The monoisotopic (exact) mass is 495 g/mol. The van der Waals surface area contributed by atoms with Gasteiger partial charge < -0.3 is 0 Å². The van der Waals surface area contributed by atoms with Crippen molar-refractivity contribution in [3.8, 4) is 0 Å². The summed E-state index contributed by atoms with van der Waals surface area (Å²) < 4.78 is 102. The van der Waals surface area contributed by atoms with Gasteiger partial charge in [0.1, 0.15) is 0 Å². The van der Waals surface area contributed by atoms with Crippen molar-refractivity contribution in [1.82, 2.24) is 9.97 Å². The molecule has 1 amide bonds. The number of carbonyl (C=O) groups excluding carboxylic acids is 1. The van der Waals surface area contributed by atoms with Crippen molar-refractivity contribution in [2.45, 2.75) is 48.7 Å². The lowest BCUT2D eigenvalue weighted by molar-refractivity contribution is -0.138. The first-order valence-electron chi connectivity index (χ1n) is 9.66. The second kappa shape index (κ2) is 8.26. The Hall–Kier alpha value is -2.70. The Labute approximate surface area is 185 Å². The van der Waals surface area contributed by atoms with Crippen molar-refractivity contribution in [3.63, 3.8) is 0 Å². The summed E-state index contributed by atoms with van der Waals surface area (Å²) >= 11 is 0. The van der Waals surface area contributed by atoms with Crippen LogP contribution in [0.1, 0.15) is 37.8 Å². The Morgan fingerprint density at radius 2 is 1.55 bits per heavy atom. The largest absolute Gasteiger partial charge is 0.419 e. The standard InChI is InChI=1S/C20H19F6N3O3S/c1-18(2,33(31,32)15-5-3-4-13(8-15)19(21,22)23)12-6-7-29(16(30)9-12)17-27-10-14(11-28-17)20(24,25)26/h3-5,8,10-12H,6-7,9H2,1-2H3/t12-/m0/s1. The second-order valence-corrected chi connectivity index (χ2v) is 10.7. The fourth-order valence-electron chi connectivity index (χ4n) is 3.61. The number of sulfone groups is 1. The molecule has 2 aromatic rings. The molecule has 0 aliphatic carbocycles. The van der Waals surface area contributed by atoms with Gasteiger partial charge in [0.15, 0.2) is 9.84 Å². The number of rotatable bonds is 4. The molecule has 3 rings (SSSR count). The van der Waals surface area contributed by atoms with Gasteiger partial charge in [0.2, 0.25) is 11.9 Å². The number of hydrogen-bond acceptors (Lipinski definition) is 5. The number of alkyl halides is 6. The summed E-state index contributed by atoms with van der Waals surface area (Å²) in [5.41, 5.74) is -2.19. The number of aromatic nitrogens is 2. The minimum absolute atomic E-state index is 0.0591. The SMILES string of the molecule is CC(C)([C@H]1CCN(c2ncc(C(F)(F)F)cn2)C(=O)C1)S(=O)(=O)c1cccc(C(F)(F)F)c1. The summed E-state index contributed by atoms with van der Waals surface area (Å²) in [5.74, 6) is -1.60. The average Bonchev–Trinajstić information content (AvgIpc) is 2.72. The van der Waals surface area contributed by atoms with Gasteiger partial charge >= 0.3 is 12.4 Å². The highest BCUT2D eigenvalue weighted by Crippen LogP contribution is 2.40. The summed E-state index contributed by atoms with van der Waals surface area (Å²) in [4.78, 5) is 20.4. The predicted octanol–water partition coefficient (Wildman–Crippen LogP) is 4.51. The zero-order valence-electron chi connectivity index (χ0n) is 17.4. The molecule has 13 heteroatoms. The molecule has 1 aromatic heterocycles. The number of halogens is 6. The molecule has 0 saturated carbocycles. The molecule has 2 heterocycles. The molecule has 0 radical (unpaired) electrons. The van der Waals surface area contributed by atoms with Crippen LogP contribution in [0.3, 0.4) is 0 Å². The third kappa shape index (κ3) is 4.82. The van der Waals surface area contributed by atoms with Crippen molar-refractivity contribution in [2.75, 3.05) is 11.4 Å². The first-order chi connectivity index (χ1) is 15.0. The molecule has 1 aliphatic rings. The molecule has 6 nitrogen and oxygen atoms in total. The molecule has 0 spiro atoms. The number of carbonyl (C=O) groups is 1. The first kappa shape index (κ1) is 24.9. The van der Waals surface area contributed by atoms with Crippen LogP contribution in [0.25, 0.3) is 0 Å². The fraction of sp³-hybridized carbons (Fsp3) is 0.450. The van der Waals surface area contributed by atoms with E-state index in [1.54, 1.807) is 0 Å². The van der Waals surface area contributed by atoms with E-state index in [0.29, 0.717) is 18.5 Å². The maximum atomic E-state index is 13.2. The molecule has 1 fully saturated rings. The lowest BCUT2D eigenvalue weighted by atomic mass is 9.85. The highest BCUT2D eigenvalue weighted by atomic mass is 32.2. The number of anilines is 1. The van der Waals surface area contributed by atoms with Crippen LogP contribution in [0.15, 0.2) is 41.6 Å². The van der Waals surface area contributed by atoms with Crippen molar-refractivity contribution < 1.29 is 39.6 Å². The highest BCUT2D eigenvalue weighted by Gasteiger charge is 2.46. The van der Waals surface area contributed by atoms with Crippen LogP contribution < -0.4 is 4.90 Å². The quantitative estimate of drug-likeness (QED) is 0.584. The van der Waals surface area contributed by atoms with E-state index in [4.69, 9.17) is 0 Å². The maximum absolute atomic E-state index is 13.2. The van der Waals surface area contributed by atoms with Gasteiger partial charge in [-0.1, -0.05) is 6.07 Å². The third-order valence-corrected chi connectivity index (χ3v) is 8.37. The van der Waals surface area contributed by atoms with E-state index in [2.05, 4.69) is 9.97 Å². The Morgan fingerprint density at radius 1 is 0.970 bits per heavy atom. The molecule has 1 atom stereocenters. The minimum Gasteiger partial charge on any atom is -0.281 e. The fourth-order valence-corrected chi connectivity index (χ4v) is 5.39. The van der Waals surface area contributed by atoms with E-state index in [1.807, 2.05) is 0 Å². The lowest BCUT2D eigenvalue weighted by Gasteiger charge is -2.39. The Morgan fingerprint density at radius 3 is 2.06 bits per heavy atom. The van der Waals surface area contributed by atoms with Gasteiger partial charge in [-0.05, 0) is 44.4 Å². The third-order valence-electron chi connectivity index (χ3n) is 5.78. The molecule has 0 unspecified atom stereocenters. The maximum Gasteiger partial charge on any atom is 0.419 e. The van der Waals surface area contributed by atoms with E-state index < -0.39 is 54.8 Å². The van der Waals surface area contributed by atoms with Gasteiger partial charge in [0.25, 0.3) is 0 Å². The summed E-state index contributed by atoms with van der Waals surface area (Å²) in [5, 5.41) is 0. The van der Waals surface area contributed by atoms with E-state index in [9.17, 15) is 39.6 Å². The zero-order chi connectivity index (χ0) is 24.8. The van der Waals surface area contributed by atoms with E-state index in [0.717, 1.165) is 23.1 Å². The van der Waals surface area contributed by atoms with Crippen LogP contribution in [0.5, 0.6) is 0 Å². The number of piperidine rings is 1. The summed E-state index contributed by atoms with van der Waals surface area (Å²) in [6.45, 7) is 2.62. The number of nitrogens with zero attached hydrogens (tertiary/aromatic N) is 3. The number of benzene rings is 1. The highest BCUT2D eigenvalue weighted by molar-refractivity contribution is 7.92. The van der Waals surface area contributed by atoms with E-state index in [1.165, 1.54) is 13.8 Å². The molecular formula is C20H19F6N3O3S. The van der Waals surface area contributed by atoms with Gasteiger partial charge in [-0.25, -0.2) is 18.4 Å².